The van der Waals surface area contributed by atoms with Crippen molar-refractivity contribution in [3.63, 3.8) is 0 Å². The second-order valence-corrected chi connectivity index (χ2v) is 10.4. The van der Waals surface area contributed by atoms with Crippen LogP contribution in [0, 0.1) is 6.92 Å². The van der Waals surface area contributed by atoms with Gasteiger partial charge in [-0.3, -0.25) is 9.10 Å². The molecule has 0 aliphatic carbocycles. The number of rotatable bonds is 10. The summed E-state index contributed by atoms with van der Waals surface area (Å²) in [5.41, 5.74) is 1.68. The largest absolute Gasteiger partial charge is 0.493 e. The number of nitrogens with zero attached hydrogens (tertiary/aromatic N) is 1. The van der Waals surface area contributed by atoms with E-state index < -0.39 is 22.5 Å². The fraction of sp³-hybridized carbons (Fsp3) is 0.269. The highest BCUT2D eigenvalue weighted by molar-refractivity contribution is 7.92. The fourth-order valence-electron chi connectivity index (χ4n) is 3.45. The third kappa shape index (κ3) is 6.46. The molecule has 7 nitrogen and oxygen atoms in total. The lowest BCUT2D eigenvalue weighted by Crippen LogP contribution is -2.41. The van der Waals surface area contributed by atoms with Crippen LogP contribution in [-0.4, -0.2) is 34.1 Å². The van der Waals surface area contributed by atoms with E-state index >= 15 is 0 Å². The van der Waals surface area contributed by atoms with Gasteiger partial charge in [0, 0.05) is 11.6 Å². The normalized spacial score (nSPS) is 11.3. The van der Waals surface area contributed by atoms with E-state index in [1.807, 2.05) is 19.9 Å². The molecule has 3 aromatic rings. The molecule has 0 heterocycles. The molecule has 35 heavy (non-hydrogen) atoms. The van der Waals surface area contributed by atoms with Gasteiger partial charge < -0.3 is 14.8 Å². The highest BCUT2D eigenvalue weighted by atomic mass is 35.5. The molecular weight excluding hydrogens is 488 g/mol. The number of benzene rings is 3. The number of ether oxygens (including phenoxy) is 2. The minimum atomic E-state index is -4.02. The molecule has 0 aliphatic rings. The zero-order valence-electron chi connectivity index (χ0n) is 20.1. The van der Waals surface area contributed by atoms with Crippen LogP contribution < -0.4 is 19.1 Å². The quantitative estimate of drug-likeness (QED) is 0.412. The molecule has 0 unspecified atom stereocenters. The highest BCUT2D eigenvalue weighted by Crippen LogP contribution is 2.31. The molecule has 0 spiro atoms. The second kappa shape index (κ2) is 11.5. The summed E-state index contributed by atoms with van der Waals surface area (Å²) in [4.78, 5) is 13.0. The summed E-state index contributed by atoms with van der Waals surface area (Å²) < 4.78 is 39.2. The van der Waals surface area contributed by atoms with E-state index in [9.17, 15) is 13.2 Å². The Morgan fingerprint density at radius 1 is 1.03 bits per heavy atom. The first-order chi connectivity index (χ1) is 16.6. The number of carbonyl (C=O) groups excluding carboxylic acids is 1. The summed E-state index contributed by atoms with van der Waals surface area (Å²) in [6.45, 7) is 5.33. The molecule has 0 fully saturated rings. The molecule has 1 amide bonds. The van der Waals surface area contributed by atoms with Crippen molar-refractivity contribution in [1.82, 2.24) is 5.32 Å². The molecule has 3 aromatic carbocycles. The highest BCUT2D eigenvalue weighted by Gasteiger charge is 2.28. The van der Waals surface area contributed by atoms with Gasteiger partial charge in [0.25, 0.3) is 10.0 Å². The summed E-state index contributed by atoms with van der Waals surface area (Å²) in [5, 5.41) is 3.20. The molecule has 0 aromatic heterocycles. The van der Waals surface area contributed by atoms with Gasteiger partial charge in [-0.25, -0.2) is 8.42 Å². The van der Waals surface area contributed by atoms with Gasteiger partial charge in [0.05, 0.1) is 23.8 Å². The third-order valence-electron chi connectivity index (χ3n) is 5.21. The van der Waals surface area contributed by atoms with Gasteiger partial charge in [-0.2, -0.15) is 0 Å². The predicted octanol–water partition coefficient (Wildman–Crippen LogP) is 4.96. The first kappa shape index (κ1) is 26.4. The van der Waals surface area contributed by atoms with Crippen LogP contribution in [0.3, 0.4) is 0 Å². The number of anilines is 1. The first-order valence-electron chi connectivity index (χ1n) is 11.1. The Hall–Kier alpha value is -3.23. The summed E-state index contributed by atoms with van der Waals surface area (Å²) in [6, 6.07) is 18.3. The fourth-order valence-corrected chi connectivity index (χ4v) is 5.11. The second-order valence-electron chi connectivity index (χ2n) is 8.14. The van der Waals surface area contributed by atoms with Crippen LogP contribution in [0.2, 0.25) is 5.02 Å². The lowest BCUT2D eigenvalue weighted by Gasteiger charge is -2.26. The van der Waals surface area contributed by atoms with Gasteiger partial charge in [0.2, 0.25) is 5.91 Å². The molecule has 186 valence electrons. The Morgan fingerprint density at radius 2 is 1.74 bits per heavy atom. The SMILES string of the molecule is COc1cc(CNC(=O)CN(c2cccc(Cl)c2C)S(=O)(=O)c2ccccc2)ccc1OC(C)C. The average Bonchev–Trinajstić information content (AvgIpc) is 2.84. The van der Waals surface area contributed by atoms with E-state index in [4.69, 9.17) is 21.1 Å². The van der Waals surface area contributed by atoms with E-state index in [1.54, 1.807) is 62.6 Å². The van der Waals surface area contributed by atoms with Crippen molar-refractivity contribution in [2.24, 2.45) is 0 Å². The van der Waals surface area contributed by atoms with Crippen LogP contribution >= 0.6 is 11.6 Å². The van der Waals surface area contributed by atoms with Crippen molar-refractivity contribution in [3.8, 4) is 11.5 Å². The predicted molar refractivity (Wildman–Crippen MR) is 138 cm³/mol. The Balaban J connectivity index is 1.83. The number of hydrogen-bond acceptors (Lipinski definition) is 5. The van der Waals surface area contributed by atoms with E-state index in [0.717, 1.165) is 9.87 Å². The minimum Gasteiger partial charge on any atom is -0.493 e. The van der Waals surface area contributed by atoms with Crippen LogP contribution in [0.25, 0.3) is 0 Å². The summed E-state index contributed by atoms with van der Waals surface area (Å²) in [5.74, 6) is 0.688. The van der Waals surface area contributed by atoms with Crippen molar-refractivity contribution in [3.05, 3.63) is 82.9 Å². The molecule has 0 bridgehead atoms. The maximum atomic E-state index is 13.5. The number of nitrogens with one attached hydrogen (secondary N) is 1. The molecule has 3 rings (SSSR count). The molecule has 0 atom stereocenters. The number of methoxy groups -OCH3 is 1. The van der Waals surface area contributed by atoms with Gasteiger partial charge >= 0.3 is 0 Å². The summed E-state index contributed by atoms with van der Waals surface area (Å²) in [6.07, 6.45) is -0.0121. The van der Waals surface area contributed by atoms with Gasteiger partial charge in [-0.05, 0) is 68.3 Å². The van der Waals surface area contributed by atoms with Gasteiger partial charge in [0.15, 0.2) is 11.5 Å². The van der Waals surface area contributed by atoms with Crippen molar-refractivity contribution >= 4 is 33.2 Å². The topological polar surface area (TPSA) is 84.9 Å². The molecule has 0 saturated carbocycles. The zero-order chi connectivity index (χ0) is 25.6. The van der Waals surface area contributed by atoms with Crippen molar-refractivity contribution in [2.75, 3.05) is 18.0 Å². The Bertz CT molecular complexity index is 1280. The molecule has 0 saturated heterocycles. The Morgan fingerprint density at radius 3 is 2.40 bits per heavy atom. The van der Waals surface area contributed by atoms with Crippen LogP contribution in [0.5, 0.6) is 11.5 Å². The number of carbonyl (C=O) groups is 1. The number of sulfonamides is 1. The van der Waals surface area contributed by atoms with Gasteiger partial charge in [-0.15, -0.1) is 0 Å². The maximum absolute atomic E-state index is 13.5. The minimum absolute atomic E-state index is 0.0121. The van der Waals surface area contributed by atoms with E-state index in [2.05, 4.69) is 5.32 Å². The molecular formula is C26H29ClN2O5S. The average molecular weight is 517 g/mol. The third-order valence-corrected chi connectivity index (χ3v) is 7.39. The molecule has 9 heteroatoms. The Labute approximate surface area is 211 Å². The lowest BCUT2D eigenvalue weighted by atomic mass is 10.2. The van der Waals surface area contributed by atoms with Gasteiger partial charge in [0.1, 0.15) is 6.54 Å². The Kier molecular flexibility index (Phi) is 8.64. The van der Waals surface area contributed by atoms with Crippen LogP contribution in [0.4, 0.5) is 5.69 Å². The zero-order valence-corrected chi connectivity index (χ0v) is 21.7. The molecule has 0 radical (unpaired) electrons. The molecule has 1 N–H and O–H groups in total. The number of hydrogen-bond donors (Lipinski definition) is 1. The number of amides is 1. The maximum Gasteiger partial charge on any atom is 0.264 e. The van der Waals surface area contributed by atoms with E-state index in [-0.39, 0.29) is 17.5 Å². The van der Waals surface area contributed by atoms with Crippen LogP contribution in [0.15, 0.2) is 71.6 Å². The first-order valence-corrected chi connectivity index (χ1v) is 12.9. The van der Waals surface area contributed by atoms with Crippen LogP contribution in [-0.2, 0) is 21.4 Å². The summed E-state index contributed by atoms with van der Waals surface area (Å²) in [7, 11) is -2.48. The van der Waals surface area contributed by atoms with Gasteiger partial charge in [-0.1, -0.05) is 41.9 Å². The van der Waals surface area contributed by atoms with Crippen molar-refractivity contribution in [1.29, 1.82) is 0 Å². The summed E-state index contributed by atoms with van der Waals surface area (Å²) >= 11 is 6.26. The van der Waals surface area contributed by atoms with Crippen molar-refractivity contribution in [2.45, 2.75) is 38.3 Å². The monoisotopic (exact) mass is 516 g/mol. The smallest absolute Gasteiger partial charge is 0.264 e. The van der Waals surface area contributed by atoms with E-state index in [1.165, 1.54) is 12.1 Å². The lowest BCUT2D eigenvalue weighted by molar-refractivity contribution is -0.119. The number of halogens is 1. The standard InChI is InChI=1S/C26H29ClN2O5S/c1-18(2)34-24-14-13-20(15-25(24)33-4)16-28-26(30)17-29(23-12-8-11-22(27)19(23)3)35(31,32)21-9-6-5-7-10-21/h5-15,18H,16-17H2,1-4H3,(H,28,30). The van der Waals surface area contributed by atoms with Crippen molar-refractivity contribution < 1.29 is 22.7 Å². The van der Waals surface area contributed by atoms with E-state index in [0.29, 0.717) is 27.8 Å². The molecule has 0 aliphatic heterocycles. The van der Waals surface area contributed by atoms with Crippen LogP contribution in [0.1, 0.15) is 25.0 Å².